The fraction of sp³-hybridized carbons (Fsp3) is 0.286. The van der Waals surface area contributed by atoms with Crippen molar-refractivity contribution in [3.63, 3.8) is 0 Å². The molecule has 28 heavy (non-hydrogen) atoms. The van der Waals surface area contributed by atoms with Crippen molar-refractivity contribution >= 4 is 23.6 Å². The van der Waals surface area contributed by atoms with Crippen LogP contribution in [0.2, 0.25) is 0 Å². The number of amides is 3. The van der Waals surface area contributed by atoms with E-state index in [1.807, 2.05) is 45.0 Å². The molecule has 0 aliphatic rings. The van der Waals surface area contributed by atoms with E-state index >= 15 is 0 Å². The lowest BCUT2D eigenvalue weighted by molar-refractivity contribution is -0.147. The van der Waals surface area contributed by atoms with E-state index in [9.17, 15) is 14.4 Å². The quantitative estimate of drug-likeness (QED) is 0.747. The van der Waals surface area contributed by atoms with E-state index in [0.29, 0.717) is 17.0 Å². The van der Waals surface area contributed by atoms with Crippen LogP contribution in [0.25, 0.3) is 0 Å². The Morgan fingerprint density at radius 2 is 1.64 bits per heavy atom. The summed E-state index contributed by atoms with van der Waals surface area (Å²) in [5.41, 5.74) is 4.18. The van der Waals surface area contributed by atoms with Gasteiger partial charge in [0, 0.05) is 11.3 Å². The van der Waals surface area contributed by atoms with Gasteiger partial charge in [0.15, 0.2) is 6.61 Å². The van der Waals surface area contributed by atoms with Crippen LogP contribution in [0, 0.1) is 20.8 Å². The predicted octanol–water partition coefficient (Wildman–Crippen LogP) is 3.05. The molecular formula is C21H24N2O5. The van der Waals surface area contributed by atoms with Crippen molar-refractivity contribution in [3.8, 4) is 5.75 Å². The van der Waals surface area contributed by atoms with Gasteiger partial charge < -0.3 is 14.8 Å². The molecule has 0 spiro atoms. The first-order valence-corrected chi connectivity index (χ1v) is 8.75. The Balaban J connectivity index is 1.82. The summed E-state index contributed by atoms with van der Waals surface area (Å²) in [5, 5.41) is 4.72. The normalized spacial score (nSPS) is 10.1. The maximum atomic E-state index is 12.0. The largest absolute Gasteiger partial charge is 0.496 e. The highest BCUT2D eigenvalue weighted by Gasteiger charge is 2.14. The van der Waals surface area contributed by atoms with Crippen LogP contribution in [-0.2, 0) is 20.7 Å². The van der Waals surface area contributed by atoms with Crippen molar-refractivity contribution in [2.75, 3.05) is 19.0 Å². The van der Waals surface area contributed by atoms with E-state index in [1.165, 1.54) is 7.11 Å². The lowest BCUT2D eigenvalue weighted by Crippen LogP contribution is -2.37. The van der Waals surface area contributed by atoms with Crippen molar-refractivity contribution in [2.24, 2.45) is 0 Å². The molecular weight excluding hydrogens is 360 g/mol. The Morgan fingerprint density at radius 1 is 0.964 bits per heavy atom. The highest BCUT2D eigenvalue weighted by Crippen LogP contribution is 2.20. The molecule has 3 amide bonds. The molecule has 7 heteroatoms. The second-order valence-electron chi connectivity index (χ2n) is 6.47. The SMILES string of the molecule is COc1ccc(C)cc1CC(=O)OCC(=O)NC(=O)Nc1ccc(C)cc1C. The summed E-state index contributed by atoms with van der Waals surface area (Å²) in [7, 11) is 1.52. The standard InChI is InChI=1S/C21H24N2O5/c1-13-5-7-17(15(3)9-13)22-21(26)23-19(24)12-28-20(25)11-16-10-14(2)6-8-18(16)27-4/h5-10H,11-12H2,1-4H3,(H2,22,23,24,26). The van der Waals surface area contributed by atoms with Gasteiger partial charge in [-0.15, -0.1) is 0 Å². The molecule has 2 rings (SSSR count). The average Bonchev–Trinajstić information content (AvgIpc) is 2.62. The summed E-state index contributed by atoms with van der Waals surface area (Å²) in [6.45, 7) is 5.15. The van der Waals surface area contributed by atoms with Crippen LogP contribution in [0.3, 0.4) is 0 Å². The zero-order valence-electron chi connectivity index (χ0n) is 16.4. The predicted molar refractivity (Wildman–Crippen MR) is 105 cm³/mol. The number of benzene rings is 2. The van der Waals surface area contributed by atoms with E-state index in [0.717, 1.165) is 16.7 Å². The third-order valence-corrected chi connectivity index (χ3v) is 4.02. The number of carbonyl (C=O) groups excluding carboxylic acids is 3. The highest BCUT2D eigenvalue weighted by molar-refractivity contribution is 6.02. The van der Waals surface area contributed by atoms with Crippen LogP contribution in [0.5, 0.6) is 5.75 Å². The maximum absolute atomic E-state index is 12.0. The third kappa shape index (κ3) is 6.12. The first-order chi connectivity index (χ1) is 13.3. The highest BCUT2D eigenvalue weighted by atomic mass is 16.5. The van der Waals surface area contributed by atoms with Crippen molar-refractivity contribution in [3.05, 3.63) is 58.7 Å². The Hall–Kier alpha value is -3.35. The summed E-state index contributed by atoms with van der Waals surface area (Å²) >= 11 is 0. The molecule has 0 aromatic heterocycles. The number of ether oxygens (including phenoxy) is 2. The van der Waals surface area contributed by atoms with Crippen molar-refractivity contribution in [1.82, 2.24) is 5.32 Å². The minimum atomic E-state index is -0.716. The summed E-state index contributed by atoms with van der Waals surface area (Å²) in [6.07, 6.45) is -0.0348. The summed E-state index contributed by atoms with van der Waals surface area (Å²) in [4.78, 5) is 35.8. The zero-order valence-corrected chi connectivity index (χ0v) is 16.4. The van der Waals surface area contributed by atoms with Gasteiger partial charge in [0.05, 0.1) is 13.5 Å². The monoisotopic (exact) mass is 384 g/mol. The molecule has 2 N–H and O–H groups in total. The van der Waals surface area contributed by atoms with Gasteiger partial charge in [-0.3, -0.25) is 14.9 Å². The first-order valence-electron chi connectivity index (χ1n) is 8.75. The van der Waals surface area contributed by atoms with Gasteiger partial charge in [0.2, 0.25) is 0 Å². The summed E-state index contributed by atoms with van der Waals surface area (Å²) < 4.78 is 10.2. The number of hydrogen-bond acceptors (Lipinski definition) is 5. The molecule has 0 saturated carbocycles. The van der Waals surface area contributed by atoms with Crippen molar-refractivity contribution in [1.29, 1.82) is 0 Å². The molecule has 2 aromatic rings. The number of imide groups is 1. The number of urea groups is 1. The van der Waals surface area contributed by atoms with Crippen LogP contribution in [0.1, 0.15) is 22.3 Å². The molecule has 0 heterocycles. The summed E-state index contributed by atoms with van der Waals surface area (Å²) in [6, 6.07) is 10.3. The maximum Gasteiger partial charge on any atom is 0.325 e. The second kappa shape index (κ2) is 9.55. The Bertz CT molecular complexity index is 892. The third-order valence-electron chi connectivity index (χ3n) is 4.02. The Labute approximate surface area is 164 Å². The zero-order chi connectivity index (χ0) is 20.7. The average molecular weight is 384 g/mol. The van der Waals surface area contributed by atoms with Gasteiger partial charge in [-0.05, 0) is 38.5 Å². The van der Waals surface area contributed by atoms with E-state index in [-0.39, 0.29) is 6.42 Å². The Kier molecular flexibility index (Phi) is 7.14. The van der Waals surface area contributed by atoms with Crippen molar-refractivity contribution < 1.29 is 23.9 Å². The fourth-order valence-corrected chi connectivity index (χ4v) is 2.67. The molecule has 7 nitrogen and oxygen atoms in total. The Morgan fingerprint density at radius 3 is 2.32 bits per heavy atom. The van der Waals surface area contributed by atoms with E-state index in [1.54, 1.807) is 12.1 Å². The number of carbonyl (C=O) groups is 3. The molecule has 148 valence electrons. The first kappa shape index (κ1) is 21.0. The molecule has 0 aliphatic carbocycles. The smallest absolute Gasteiger partial charge is 0.325 e. The lowest BCUT2D eigenvalue weighted by Gasteiger charge is -2.11. The van der Waals surface area contributed by atoms with E-state index in [2.05, 4.69) is 10.6 Å². The molecule has 0 radical (unpaired) electrons. The van der Waals surface area contributed by atoms with Crippen molar-refractivity contribution in [2.45, 2.75) is 27.2 Å². The minimum Gasteiger partial charge on any atom is -0.496 e. The molecule has 0 aliphatic heterocycles. The molecule has 0 unspecified atom stereocenters. The molecule has 0 atom stereocenters. The van der Waals surface area contributed by atoms with Gasteiger partial charge >= 0.3 is 12.0 Å². The molecule has 0 bridgehead atoms. The van der Waals surface area contributed by atoms with Crippen LogP contribution in [0.4, 0.5) is 10.5 Å². The van der Waals surface area contributed by atoms with Gasteiger partial charge in [-0.25, -0.2) is 4.79 Å². The molecule has 2 aromatic carbocycles. The van der Waals surface area contributed by atoms with Gasteiger partial charge in [-0.1, -0.05) is 35.4 Å². The number of anilines is 1. The van der Waals surface area contributed by atoms with Gasteiger partial charge in [-0.2, -0.15) is 0 Å². The fourth-order valence-electron chi connectivity index (χ4n) is 2.67. The van der Waals surface area contributed by atoms with Crippen LogP contribution in [-0.4, -0.2) is 31.6 Å². The lowest BCUT2D eigenvalue weighted by atomic mass is 10.1. The van der Waals surface area contributed by atoms with E-state index in [4.69, 9.17) is 9.47 Å². The van der Waals surface area contributed by atoms with Gasteiger partial charge in [0.25, 0.3) is 5.91 Å². The molecule has 0 fully saturated rings. The summed E-state index contributed by atoms with van der Waals surface area (Å²) in [5.74, 6) is -0.736. The topological polar surface area (TPSA) is 93.7 Å². The number of hydrogen-bond donors (Lipinski definition) is 2. The minimum absolute atomic E-state index is 0.0348. The molecule has 0 saturated heterocycles. The van der Waals surface area contributed by atoms with E-state index < -0.39 is 24.5 Å². The number of methoxy groups -OCH3 is 1. The number of aryl methyl sites for hydroxylation is 3. The van der Waals surface area contributed by atoms with Crippen LogP contribution in [0.15, 0.2) is 36.4 Å². The number of esters is 1. The number of rotatable bonds is 6. The number of nitrogens with one attached hydrogen (secondary N) is 2. The van der Waals surface area contributed by atoms with Gasteiger partial charge in [0.1, 0.15) is 5.75 Å². The second-order valence-corrected chi connectivity index (χ2v) is 6.47. The van der Waals surface area contributed by atoms with Crippen LogP contribution < -0.4 is 15.4 Å². The van der Waals surface area contributed by atoms with Crippen LogP contribution >= 0.6 is 0 Å².